The molecule has 3 heterocycles. The number of fused-ring (bicyclic) bond motifs is 2. The zero-order valence-electron chi connectivity index (χ0n) is 13.0. The van der Waals surface area contributed by atoms with Crippen LogP contribution in [0.25, 0.3) is 15.9 Å². The molecular weight excluding hydrogens is 340 g/mol. The Balaban J connectivity index is 1.52. The predicted molar refractivity (Wildman–Crippen MR) is 95.3 cm³/mol. The van der Waals surface area contributed by atoms with Gasteiger partial charge in [-0.15, -0.1) is 11.3 Å². The van der Waals surface area contributed by atoms with Gasteiger partial charge in [0.1, 0.15) is 0 Å². The number of aromatic nitrogens is 3. The molecular formula is C17H14N4O3S. The first-order valence-electron chi connectivity index (χ1n) is 7.67. The fraction of sp³-hybridized carbons (Fsp3) is 0.118. The fourth-order valence-electron chi connectivity index (χ4n) is 2.81. The van der Waals surface area contributed by atoms with Crippen LogP contribution in [-0.4, -0.2) is 31.9 Å². The van der Waals surface area contributed by atoms with Gasteiger partial charge < -0.3 is 15.4 Å². The number of nitrogens with one attached hydrogen (secondary N) is 2. The van der Waals surface area contributed by atoms with Crippen LogP contribution in [0, 0.1) is 0 Å². The van der Waals surface area contributed by atoms with Crippen molar-refractivity contribution in [3.8, 4) is 5.88 Å². The van der Waals surface area contributed by atoms with E-state index in [9.17, 15) is 14.7 Å². The largest absolute Gasteiger partial charge is 0.492 e. The molecule has 4 aromatic rings. The van der Waals surface area contributed by atoms with Gasteiger partial charge in [0, 0.05) is 35.2 Å². The Kier molecular flexibility index (Phi) is 3.73. The van der Waals surface area contributed by atoms with Gasteiger partial charge in [-0.1, -0.05) is 18.2 Å². The van der Waals surface area contributed by atoms with Gasteiger partial charge in [-0.25, -0.2) is 0 Å². The van der Waals surface area contributed by atoms with Gasteiger partial charge >= 0.3 is 0 Å². The number of aromatic amines is 1. The van der Waals surface area contributed by atoms with E-state index in [4.69, 9.17) is 0 Å². The molecule has 0 spiro atoms. The minimum Gasteiger partial charge on any atom is -0.492 e. The van der Waals surface area contributed by atoms with Crippen molar-refractivity contribution in [1.82, 2.24) is 19.7 Å². The lowest BCUT2D eigenvalue weighted by molar-refractivity contribution is 0.0949. The zero-order valence-corrected chi connectivity index (χ0v) is 13.8. The van der Waals surface area contributed by atoms with Gasteiger partial charge in [0.05, 0.1) is 0 Å². The smallest absolute Gasteiger partial charge is 0.275 e. The highest BCUT2D eigenvalue weighted by molar-refractivity contribution is 7.15. The molecule has 1 aromatic carbocycles. The first-order valence-corrected chi connectivity index (χ1v) is 8.55. The molecule has 126 valence electrons. The molecule has 3 aromatic heterocycles. The van der Waals surface area contributed by atoms with E-state index in [1.165, 1.54) is 21.9 Å². The topological polar surface area (TPSA) is 99.5 Å². The maximum atomic E-state index is 12.3. The number of nitrogens with zero attached hydrogens (tertiary/aromatic N) is 2. The number of benzene rings is 1. The molecule has 0 fully saturated rings. The summed E-state index contributed by atoms with van der Waals surface area (Å²) < 4.78 is 1.25. The van der Waals surface area contributed by atoms with Gasteiger partial charge in [0.25, 0.3) is 11.5 Å². The normalized spacial score (nSPS) is 11.2. The molecule has 0 aliphatic rings. The Morgan fingerprint density at radius 1 is 1.36 bits per heavy atom. The highest BCUT2D eigenvalue weighted by Crippen LogP contribution is 2.18. The molecule has 0 saturated heterocycles. The summed E-state index contributed by atoms with van der Waals surface area (Å²) in [4.78, 5) is 32.0. The van der Waals surface area contributed by atoms with Crippen LogP contribution in [0.4, 0.5) is 0 Å². The molecule has 8 heteroatoms. The van der Waals surface area contributed by atoms with E-state index < -0.39 is 17.3 Å². The van der Waals surface area contributed by atoms with E-state index in [1.807, 2.05) is 30.5 Å². The first-order chi connectivity index (χ1) is 12.1. The van der Waals surface area contributed by atoms with Gasteiger partial charge in [0.2, 0.25) is 5.88 Å². The van der Waals surface area contributed by atoms with Crippen molar-refractivity contribution in [3.05, 3.63) is 63.5 Å². The van der Waals surface area contributed by atoms with Crippen molar-refractivity contribution in [2.75, 3.05) is 6.54 Å². The van der Waals surface area contributed by atoms with Crippen molar-refractivity contribution < 1.29 is 9.90 Å². The maximum Gasteiger partial charge on any atom is 0.275 e. The number of aromatic hydroxyl groups is 1. The van der Waals surface area contributed by atoms with E-state index in [0.29, 0.717) is 17.9 Å². The number of carbonyl (C=O) groups excluding carboxylic acids is 1. The van der Waals surface area contributed by atoms with Crippen LogP contribution in [-0.2, 0) is 6.42 Å². The molecule has 3 N–H and O–H groups in total. The Labute approximate surface area is 145 Å². The second-order valence-electron chi connectivity index (χ2n) is 5.54. The van der Waals surface area contributed by atoms with Crippen molar-refractivity contribution >= 4 is 33.1 Å². The molecule has 0 aliphatic heterocycles. The summed E-state index contributed by atoms with van der Waals surface area (Å²) in [5.41, 5.74) is 1.19. The van der Waals surface area contributed by atoms with Crippen LogP contribution in [0.5, 0.6) is 5.88 Å². The lowest BCUT2D eigenvalue weighted by Gasteiger charge is -2.06. The highest BCUT2D eigenvalue weighted by atomic mass is 32.1. The summed E-state index contributed by atoms with van der Waals surface area (Å²) in [6, 6.07) is 7.90. The quantitative estimate of drug-likeness (QED) is 0.521. The van der Waals surface area contributed by atoms with Crippen molar-refractivity contribution in [2.45, 2.75) is 6.42 Å². The van der Waals surface area contributed by atoms with Gasteiger partial charge in [-0.05, 0) is 18.1 Å². The number of H-pyrrole nitrogens is 1. The number of hydrogen-bond acceptors (Lipinski definition) is 5. The number of rotatable bonds is 4. The highest BCUT2D eigenvalue weighted by Gasteiger charge is 2.20. The van der Waals surface area contributed by atoms with Crippen LogP contribution in [0.2, 0.25) is 0 Å². The Morgan fingerprint density at radius 3 is 3.08 bits per heavy atom. The monoisotopic (exact) mass is 354 g/mol. The van der Waals surface area contributed by atoms with Gasteiger partial charge in [-0.3, -0.25) is 14.0 Å². The lowest BCUT2D eigenvalue weighted by Crippen LogP contribution is -2.32. The molecule has 4 rings (SSSR count). The van der Waals surface area contributed by atoms with Gasteiger partial charge in [-0.2, -0.15) is 4.98 Å². The predicted octanol–water partition coefficient (Wildman–Crippen LogP) is 1.92. The third-order valence-corrected chi connectivity index (χ3v) is 4.79. The van der Waals surface area contributed by atoms with E-state index in [-0.39, 0.29) is 5.56 Å². The zero-order chi connectivity index (χ0) is 17.4. The van der Waals surface area contributed by atoms with Crippen molar-refractivity contribution in [3.63, 3.8) is 0 Å². The molecule has 0 bridgehead atoms. The summed E-state index contributed by atoms with van der Waals surface area (Å²) in [6.07, 6.45) is 4.03. The molecule has 0 saturated carbocycles. The average molecular weight is 354 g/mol. The molecule has 7 nitrogen and oxygen atoms in total. The summed E-state index contributed by atoms with van der Waals surface area (Å²) in [5, 5.41) is 15.4. The first kappa shape index (κ1) is 15.4. The van der Waals surface area contributed by atoms with Crippen molar-refractivity contribution in [1.29, 1.82) is 0 Å². The summed E-state index contributed by atoms with van der Waals surface area (Å²) in [7, 11) is 0. The lowest BCUT2D eigenvalue weighted by atomic mass is 10.1. The second-order valence-corrected chi connectivity index (χ2v) is 6.41. The molecule has 1 amide bonds. The molecule has 0 aliphatic carbocycles. The molecule has 0 radical (unpaired) electrons. The Hall–Kier alpha value is -3.13. The third kappa shape index (κ3) is 2.66. The number of para-hydroxylation sites is 1. The third-order valence-electron chi connectivity index (χ3n) is 4.03. The van der Waals surface area contributed by atoms with Crippen LogP contribution in [0.3, 0.4) is 0 Å². The standard InChI is InChI=1S/C17H14N4O3S/c22-14(13-15(23)20-17-21(16(13)24)7-8-25-17)18-6-5-10-9-19-12-4-2-1-3-11(10)12/h1-4,7-9,19,23H,5-6H2,(H,18,22). The summed E-state index contributed by atoms with van der Waals surface area (Å²) >= 11 is 1.21. The molecule has 0 unspecified atom stereocenters. The Bertz CT molecular complexity index is 1140. The van der Waals surface area contributed by atoms with E-state index in [2.05, 4.69) is 15.3 Å². The number of thiazole rings is 1. The summed E-state index contributed by atoms with van der Waals surface area (Å²) in [6.45, 7) is 0.339. The van der Waals surface area contributed by atoms with E-state index in [0.717, 1.165) is 16.5 Å². The number of amides is 1. The molecule has 25 heavy (non-hydrogen) atoms. The average Bonchev–Trinajstić information content (AvgIpc) is 3.22. The SMILES string of the molecule is O=C(NCCc1c[nH]c2ccccc12)c1c(O)nc2sccn2c1=O. The minimum absolute atomic E-state index is 0.338. The van der Waals surface area contributed by atoms with E-state index in [1.54, 1.807) is 5.38 Å². The fourth-order valence-corrected chi connectivity index (χ4v) is 3.51. The van der Waals surface area contributed by atoms with Crippen LogP contribution in [0.1, 0.15) is 15.9 Å². The minimum atomic E-state index is -0.629. The van der Waals surface area contributed by atoms with Crippen LogP contribution in [0.15, 0.2) is 46.8 Å². The van der Waals surface area contributed by atoms with Gasteiger partial charge in [0.15, 0.2) is 10.5 Å². The maximum absolute atomic E-state index is 12.3. The van der Waals surface area contributed by atoms with Crippen LogP contribution < -0.4 is 10.9 Å². The van der Waals surface area contributed by atoms with E-state index >= 15 is 0 Å². The van der Waals surface area contributed by atoms with Crippen LogP contribution >= 0.6 is 11.3 Å². The number of hydrogen-bond donors (Lipinski definition) is 3. The molecule has 0 atom stereocenters. The van der Waals surface area contributed by atoms with Crippen molar-refractivity contribution in [2.24, 2.45) is 0 Å². The number of carbonyl (C=O) groups is 1. The Morgan fingerprint density at radius 2 is 2.20 bits per heavy atom. The summed E-state index contributed by atoms with van der Waals surface area (Å²) in [5.74, 6) is -1.17. The second kappa shape index (κ2) is 6.06.